The molecule has 2 heteroatoms. The van der Waals surface area contributed by atoms with E-state index in [0.717, 1.165) is 6.42 Å². The van der Waals surface area contributed by atoms with E-state index in [-0.39, 0.29) is 5.66 Å². The van der Waals surface area contributed by atoms with Gasteiger partial charge in [0.25, 0.3) is 0 Å². The number of hydrogen-bond acceptors (Lipinski definition) is 2. The molecule has 0 aromatic carbocycles. The summed E-state index contributed by atoms with van der Waals surface area (Å²) in [5, 5.41) is 0. The van der Waals surface area contributed by atoms with Crippen molar-refractivity contribution in [3.63, 3.8) is 0 Å². The average molecular weight is 138 g/mol. The van der Waals surface area contributed by atoms with Crippen molar-refractivity contribution in [1.29, 1.82) is 0 Å². The van der Waals surface area contributed by atoms with Crippen LogP contribution in [0.5, 0.6) is 0 Å². The summed E-state index contributed by atoms with van der Waals surface area (Å²) in [7, 11) is 0. The molecule has 56 valence electrons. The first kappa shape index (κ1) is 7.45. The van der Waals surface area contributed by atoms with Gasteiger partial charge in [-0.1, -0.05) is 13.8 Å². The molecule has 10 heavy (non-hydrogen) atoms. The molecule has 0 aliphatic carbocycles. The number of hydrogen-bond donors (Lipinski definition) is 0. The van der Waals surface area contributed by atoms with Crippen LogP contribution in [0.2, 0.25) is 0 Å². The first-order valence-electron chi connectivity index (χ1n) is 3.71. The molecule has 1 aliphatic heterocycles. The molecule has 1 rings (SSSR count). The Morgan fingerprint density at radius 1 is 1.30 bits per heavy atom. The van der Waals surface area contributed by atoms with Crippen LogP contribution < -0.4 is 0 Å². The molecule has 0 amide bonds. The fourth-order valence-corrected chi connectivity index (χ4v) is 1.30. The van der Waals surface area contributed by atoms with Crippen LogP contribution in [0.15, 0.2) is 9.98 Å². The van der Waals surface area contributed by atoms with E-state index in [1.54, 1.807) is 12.4 Å². The monoisotopic (exact) mass is 138 g/mol. The summed E-state index contributed by atoms with van der Waals surface area (Å²) < 4.78 is 0. The Kier molecular flexibility index (Phi) is 1.88. The summed E-state index contributed by atoms with van der Waals surface area (Å²) in [5.74, 6) is 0.664. The molecule has 0 saturated heterocycles. The van der Waals surface area contributed by atoms with Gasteiger partial charge < -0.3 is 0 Å². The highest BCUT2D eigenvalue weighted by atomic mass is 15.1. The Morgan fingerprint density at radius 2 is 1.80 bits per heavy atom. The van der Waals surface area contributed by atoms with Crippen molar-refractivity contribution >= 4 is 12.4 Å². The molecule has 0 aromatic heterocycles. The highest BCUT2D eigenvalue weighted by molar-refractivity contribution is 6.17. The number of rotatable bonds is 2. The van der Waals surface area contributed by atoms with E-state index in [1.807, 2.05) is 0 Å². The third-order valence-electron chi connectivity index (χ3n) is 1.57. The van der Waals surface area contributed by atoms with Gasteiger partial charge >= 0.3 is 0 Å². The molecule has 1 heterocycles. The Balaban J connectivity index is 2.53. The van der Waals surface area contributed by atoms with Gasteiger partial charge in [-0.3, -0.25) is 9.98 Å². The fraction of sp³-hybridized carbons (Fsp3) is 0.750. The van der Waals surface area contributed by atoms with Gasteiger partial charge in [-0.25, -0.2) is 0 Å². The lowest BCUT2D eigenvalue weighted by molar-refractivity contribution is 0.394. The second-order valence-corrected chi connectivity index (χ2v) is 3.37. The standard InChI is InChI=1S/C8H14N2/c1-7(2)6-8(3)9-4-5-10-8/h4-5,7H,6H2,1-3H3. The third kappa shape index (κ3) is 1.66. The predicted molar refractivity (Wildman–Crippen MR) is 44.8 cm³/mol. The lowest BCUT2D eigenvalue weighted by Gasteiger charge is -2.18. The van der Waals surface area contributed by atoms with Gasteiger partial charge in [0.05, 0.1) is 0 Å². The summed E-state index contributed by atoms with van der Waals surface area (Å²) in [5.41, 5.74) is -0.145. The predicted octanol–water partition coefficient (Wildman–Crippen LogP) is 1.90. The average Bonchev–Trinajstić information content (AvgIpc) is 2.12. The lowest BCUT2D eigenvalue weighted by atomic mass is 10.0. The van der Waals surface area contributed by atoms with Crippen LogP contribution in [0.1, 0.15) is 27.2 Å². The lowest BCUT2D eigenvalue weighted by Crippen LogP contribution is -2.18. The van der Waals surface area contributed by atoms with E-state index in [1.165, 1.54) is 0 Å². The maximum Gasteiger partial charge on any atom is 0.147 e. The van der Waals surface area contributed by atoms with Crippen molar-refractivity contribution in [3.8, 4) is 0 Å². The molecule has 0 spiro atoms. The number of aliphatic imine (C=N–C) groups is 2. The molecule has 0 atom stereocenters. The molecular weight excluding hydrogens is 124 g/mol. The smallest absolute Gasteiger partial charge is 0.147 e. The molecule has 2 nitrogen and oxygen atoms in total. The topological polar surface area (TPSA) is 24.7 Å². The van der Waals surface area contributed by atoms with Crippen LogP contribution in [-0.4, -0.2) is 18.1 Å². The normalized spacial score (nSPS) is 20.8. The van der Waals surface area contributed by atoms with Crippen LogP contribution >= 0.6 is 0 Å². The van der Waals surface area contributed by atoms with Crippen molar-refractivity contribution in [1.82, 2.24) is 0 Å². The zero-order valence-corrected chi connectivity index (χ0v) is 6.83. The Morgan fingerprint density at radius 3 is 2.20 bits per heavy atom. The molecule has 0 saturated carbocycles. The van der Waals surface area contributed by atoms with Crippen molar-refractivity contribution in [3.05, 3.63) is 0 Å². The summed E-state index contributed by atoms with van der Waals surface area (Å²) >= 11 is 0. The first-order valence-corrected chi connectivity index (χ1v) is 3.71. The first-order chi connectivity index (χ1) is 4.62. The Labute approximate surface area is 62.1 Å². The third-order valence-corrected chi connectivity index (χ3v) is 1.57. The van der Waals surface area contributed by atoms with Gasteiger partial charge in [0.1, 0.15) is 5.66 Å². The molecule has 0 fully saturated rings. The van der Waals surface area contributed by atoms with Gasteiger partial charge in [0.15, 0.2) is 0 Å². The van der Waals surface area contributed by atoms with E-state index >= 15 is 0 Å². The molecule has 0 bridgehead atoms. The van der Waals surface area contributed by atoms with Crippen LogP contribution in [0.3, 0.4) is 0 Å². The molecule has 1 aliphatic rings. The molecule has 0 radical (unpaired) electrons. The van der Waals surface area contributed by atoms with E-state index in [0.29, 0.717) is 5.92 Å². The van der Waals surface area contributed by atoms with Gasteiger partial charge in [0, 0.05) is 12.4 Å². The summed E-state index contributed by atoms with van der Waals surface area (Å²) in [4.78, 5) is 8.52. The van der Waals surface area contributed by atoms with Gasteiger partial charge in [0.2, 0.25) is 0 Å². The molecule has 0 unspecified atom stereocenters. The Hall–Kier alpha value is -0.660. The van der Waals surface area contributed by atoms with E-state index in [4.69, 9.17) is 0 Å². The summed E-state index contributed by atoms with van der Waals surface area (Å²) in [6.07, 6.45) is 4.60. The minimum Gasteiger partial charge on any atom is -0.262 e. The van der Waals surface area contributed by atoms with E-state index in [2.05, 4.69) is 30.8 Å². The quantitative estimate of drug-likeness (QED) is 0.557. The fourth-order valence-electron chi connectivity index (χ4n) is 1.30. The Bertz CT molecular complexity index is 156. The maximum atomic E-state index is 4.26. The van der Waals surface area contributed by atoms with Crippen LogP contribution in [0, 0.1) is 5.92 Å². The SMILES string of the molecule is CC(C)CC1(C)N=CC=N1. The van der Waals surface area contributed by atoms with Gasteiger partial charge in [-0.15, -0.1) is 0 Å². The van der Waals surface area contributed by atoms with Crippen LogP contribution in [0.4, 0.5) is 0 Å². The van der Waals surface area contributed by atoms with Crippen LogP contribution in [-0.2, 0) is 0 Å². The van der Waals surface area contributed by atoms with E-state index < -0.39 is 0 Å². The highest BCUT2D eigenvalue weighted by Crippen LogP contribution is 2.23. The number of nitrogens with zero attached hydrogens (tertiary/aromatic N) is 2. The van der Waals surface area contributed by atoms with Crippen molar-refractivity contribution < 1.29 is 0 Å². The van der Waals surface area contributed by atoms with Crippen molar-refractivity contribution in [2.75, 3.05) is 0 Å². The second-order valence-electron chi connectivity index (χ2n) is 3.37. The van der Waals surface area contributed by atoms with Crippen molar-refractivity contribution in [2.24, 2.45) is 15.9 Å². The molecule has 0 aromatic rings. The zero-order chi connectivity index (χ0) is 7.61. The van der Waals surface area contributed by atoms with Crippen LogP contribution in [0.25, 0.3) is 0 Å². The van der Waals surface area contributed by atoms with Crippen molar-refractivity contribution in [2.45, 2.75) is 32.9 Å². The summed E-state index contributed by atoms with van der Waals surface area (Å²) in [6, 6.07) is 0. The molecule has 0 N–H and O–H groups in total. The van der Waals surface area contributed by atoms with Gasteiger partial charge in [-0.2, -0.15) is 0 Å². The maximum absolute atomic E-state index is 4.26. The zero-order valence-electron chi connectivity index (χ0n) is 6.83. The molecular formula is C8H14N2. The van der Waals surface area contributed by atoms with E-state index in [9.17, 15) is 0 Å². The minimum atomic E-state index is -0.145. The second kappa shape index (κ2) is 2.52. The van der Waals surface area contributed by atoms with Gasteiger partial charge in [-0.05, 0) is 19.3 Å². The minimum absolute atomic E-state index is 0.145. The highest BCUT2D eigenvalue weighted by Gasteiger charge is 2.23. The summed E-state index contributed by atoms with van der Waals surface area (Å²) in [6.45, 7) is 6.44. The largest absolute Gasteiger partial charge is 0.262 e.